The van der Waals surface area contributed by atoms with Crippen molar-refractivity contribution in [2.45, 2.75) is 31.7 Å². The molecule has 2 aromatic heterocycles. The Hall–Kier alpha value is -2.73. The van der Waals surface area contributed by atoms with Gasteiger partial charge in [-0.2, -0.15) is 0 Å². The van der Waals surface area contributed by atoms with E-state index in [0.29, 0.717) is 34.8 Å². The quantitative estimate of drug-likeness (QED) is 0.725. The Labute approximate surface area is 158 Å². The van der Waals surface area contributed by atoms with E-state index in [1.54, 1.807) is 0 Å². The lowest BCUT2D eigenvalue weighted by Crippen LogP contribution is -2.35. The number of hydrogen-bond donors (Lipinski definition) is 1. The van der Waals surface area contributed by atoms with Crippen LogP contribution >= 0.6 is 0 Å². The summed E-state index contributed by atoms with van der Waals surface area (Å²) in [6.45, 7) is 2.55. The Bertz CT molecular complexity index is 961. The van der Waals surface area contributed by atoms with E-state index in [2.05, 4.69) is 20.4 Å². The average molecular weight is 364 g/mol. The monoisotopic (exact) mass is 364 g/mol. The van der Waals surface area contributed by atoms with Gasteiger partial charge in [-0.3, -0.25) is 4.79 Å². The minimum absolute atomic E-state index is 0.110. The molecule has 0 radical (unpaired) electrons. The highest BCUT2D eigenvalue weighted by Gasteiger charge is 2.29. The summed E-state index contributed by atoms with van der Waals surface area (Å²) >= 11 is 0. The number of hydrogen-bond acceptors (Lipinski definition) is 5. The van der Waals surface area contributed by atoms with Crippen LogP contribution in [0.25, 0.3) is 11.1 Å². The van der Waals surface area contributed by atoms with E-state index in [4.69, 9.17) is 4.52 Å². The zero-order valence-electron chi connectivity index (χ0n) is 15.9. The number of aryl methyl sites for hydroxylation is 1. The number of likely N-dealkylation sites (N-methyl/N-ethyl adjacent to an activating group) is 1. The number of rotatable bonds is 6. The van der Waals surface area contributed by atoms with Crippen LogP contribution in [-0.4, -0.2) is 41.6 Å². The van der Waals surface area contributed by atoms with Crippen molar-refractivity contribution in [1.82, 2.24) is 20.4 Å². The summed E-state index contributed by atoms with van der Waals surface area (Å²) in [5, 5.41) is 7.92. The molecule has 6 nitrogen and oxygen atoms in total. The van der Waals surface area contributed by atoms with Gasteiger partial charge in [-0.25, -0.2) is 4.98 Å². The molecule has 1 aromatic carbocycles. The molecule has 0 saturated heterocycles. The van der Waals surface area contributed by atoms with E-state index >= 15 is 0 Å². The van der Waals surface area contributed by atoms with Crippen molar-refractivity contribution in [2.24, 2.45) is 0 Å². The van der Waals surface area contributed by atoms with Gasteiger partial charge in [0.15, 0.2) is 0 Å². The van der Waals surface area contributed by atoms with Crippen LogP contribution in [0.5, 0.6) is 0 Å². The Kier molecular flexibility index (Phi) is 4.66. The van der Waals surface area contributed by atoms with Crippen LogP contribution < -0.4 is 5.32 Å². The molecule has 1 atom stereocenters. The van der Waals surface area contributed by atoms with Gasteiger partial charge in [-0.1, -0.05) is 35.5 Å². The van der Waals surface area contributed by atoms with Crippen molar-refractivity contribution in [3.8, 4) is 0 Å². The highest BCUT2D eigenvalue weighted by molar-refractivity contribution is 6.06. The summed E-state index contributed by atoms with van der Waals surface area (Å²) in [7, 11) is 4.00. The molecule has 1 saturated carbocycles. The zero-order valence-corrected chi connectivity index (χ0v) is 15.9. The predicted octanol–water partition coefficient (Wildman–Crippen LogP) is 3.44. The van der Waals surface area contributed by atoms with Gasteiger partial charge >= 0.3 is 0 Å². The Morgan fingerprint density at radius 2 is 2.04 bits per heavy atom. The number of nitrogens with one attached hydrogen (secondary N) is 1. The first-order valence-electron chi connectivity index (χ1n) is 9.30. The fourth-order valence-electron chi connectivity index (χ4n) is 3.40. The van der Waals surface area contributed by atoms with Crippen LogP contribution in [0.15, 0.2) is 40.9 Å². The minimum Gasteiger partial charge on any atom is -0.344 e. The summed E-state index contributed by atoms with van der Waals surface area (Å²) in [4.78, 5) is 19.9. The van der Waals surface area contributed by atoms with Gasteiger partial charge in [0.25, 0.3) is 11.6 Å². The largest absolute Gasteiger partial charge is 0.344 e. The first-order chi connectivity index (χ1) is 13.0. The van der Waals surface area contributed by atoms with Crippen molar-refractivity contribution in [2.75, 3.05) is 20.6 Å². The van der Waals surface area contributed by atoms with Crippen molar-refractivity contribution in [3.63, 3.8) is 0 Å². The van der Waals surface area contributed by atoms with Crippen LogP contribution in [0, 0.1) is 6.92 Å². The highest BCUT2D eigenvalue weighted by atomic mass is 16.5. The average Bonchev–Trinajstić information content (AvgIpc) is 3.44. The highest BCUT2D eigenvalue weighted by Crippen LogP contribution is 2.40. The third-order valence-corrected chi connectivity index (χ3v) is 4.93. The van der Waals surface area contributed by atoms with Gasteiger partial charge in [0, 0.05) is 18.2 Å². The number of nitrogens with zero attached hydrogens (tertiary/aromatic N) is 3. The van der Waals surface area contributed by atoms with Gasteiger partial charge in [0.2, 0.25) is 0 Å². The topological polar surface area (TPSA) is 71.3 Å². The molecule has 1 N–H and O–H groups in total. The van der Waals surface area contributed by atoms with Crippen molar-refractivity contribution in [3.05, 3.63) is 58.9 Å². The maximum Gasteiger partial charge on any atom is 0.259 e. The number of amides is 1. The van der Waals surface area contributed by atoms with Gasteiger partial charge in [0.05, 0.1) is 22.7 Å². The van der Waals surface area contributed by atoms with E-state index < -0.39 is 0 Å². The number of pyridine rings is 1. The van der Waals surface area contributed by atoms with Crippen molar-refractivity contribution < 1.29 is 9.32 Å². The van der Waals surface area contributed by atoms with E-state index in [1.165, 1.54) is 0 Å². The van der Waals surface area contributed by atoms with Gasteiger partial charge in [0.1, 0.15) is 0 Å². The molecule has 27 heavy (non-hydrogen) atoms. The van der Waals surface area contributed by atoms with Crippen LogP contribution in [0.4, 0.5) is 0 Å². The molecule has 140 valence electrons. The molecule has 4 rings (SSSR count). The van der Waals surface area contributed by atoms with Crippen LogP contribution in [0.2, 0.25) is 0 Å². The lowest BCUT2D eigenvalue weighted by atomic mass is 10.0. The number of carbonyl (C=O) groups is 1. The fraction of sp³-hybridized carbons (Fsp3) is 0.381. The molecular weight excluding hydrogens is 340 g/mol. The SMILES string of the molecule is Cc1noc2nc(C3CC3)cc(C(=O)NC(CN(C)C)c3ccccc3)c12. The Morgan fingerprint density at radius 1 is 1.30 bits per heavy atom. The first kappa shape index (κ1) is 17.7. The predicted molar refractivity (Wildman–Crippen MR) is 104 cm³/mol. The van der Waals surface area contributed by atoms with Crippen LogP contribution in [-0.2, 0) is 0 Å². The van der Waals surface area contributed by atoms with Crippen molar-refractivity contribution in [1.29, 1.82) is 0 Å². The van der Waals surface area contributed by atoms with E-state index in [1.807, 2.05) is 57.4 Å². The van der Waals surface area contributed by atoms with Crippen molar-refractivity contribution >= 4 is 17.0 Å². The molecule has 1 amide bonds. The molecule has 1 unspecified atom stereocenters. The van der Waals surface area contributed by atoms with Gasteiger partial charge in [-0.05, 0) is 45.5 Å². The number of benzene rings is 1. The van der Waals surface area contributed by atoms with Gasteiger partial charge in [-0.15, -0.1) is 0 Å². The third-order valence-electron chi connectivity index (χ3n) is 4.93. The summed E-state index contributed by atoms with van der Waals surface area (Å²) in [6, 6.07) is 11.8. The number of aromatic nitrogens is 2. The molecule has 6 heteroatoms. The standard InChI is InChI=1S/C21H24N4O2/c1-13-19-16(11-17(15-9-10-15)23-21(19)27-24-13)20(26)22-18(12-25(2)3)14-7-5-4-6-8-14/h4-8,11,15,18H,9-10,12H2,1-3H3,(H,22,26). The first-order valence-corrected chi connectivity index (χ1v) is 9.30. The van der Waals surface area contributed by atoms with E-state index in [9.17, 15) is 4.79 Å². The Balaban J connectivity index is 1.69. The smallest absolute Gasteiger partial charge is 0.259 e. The maximum absolute atomic E-state index is 13.2. The second-order valence-corrected chi connectivity index (χ2v) is 7.52. The molecule has 2 heterocycles. The molecule has 1 aliphatic rings. The second-order valence-electron chi connectivity index (χ2n) is 7.52. The lowest BCUT2D eigenvalue weighted by molar-refractivity contribution is 0.0931. The number of carbonyl (C=O) groups excluding carboxylic acids is 1. The maximum atomic E-state index is 13.2. The third kappa shape index (κ3) is 3.71. The molecule has 1 aliphatic carbocycles. The van der Waals surface area contributed by atoms with E-state index in [-0.39, 0.29) is 11.9 Å². The van der Waals surface area contributed by atoms with E-state index in [0.717, 1.165) is 24.1 Å². The fourth-order valence-corrected chi connectivity index (χ4v) is 3.40. The summed E-state index contributed by atoms with van der Waals surface area (Å²) in [5.74, 6) is 0.310. The molecule has 3 aromatic rings. The summed E-state index contributed by atoms with van der Waals surface area (Å²) in [5.41, 5.74) is 3.74. The van der Waals surface area contributed by atoms with Gasteiger partial charge < -0.3 is 14.7 Å². The van der Waals surface area contributed by atoms with Crippen LogP contribution in [0.3, 0.4) is 0 Å². The lowest BCUT2D eigenvalue weighted by Gasteiger charge is -2.23. The normalized spacial score (nSPS) is 15.3. The molecule has 1 fully saturated rings. The zero-order chi connectivity index (χ0) is 19.0. The molecule has 0 bridgehead atoms. The number of fused-ring (bicyclic) bond motifs is 1. The minimum atomic E-state index is -0.119. The summed E-state index contributed by atoms with van der Waals surface area (Å²) < 4.78 is 5.36. The van der Waals surface area contributed by atoms with Crippen LogP contribution in [0.1, 0.15) is 52.1 Å². The molecular formula is C21H24N4O2. The molecule has 0 aliphatic heterocycles. The molecule has 0 spiro atoms. The summed E-state index contributed by atoms with van der Waals surface area (Å²) in [6.07, 6.45) is 2.22. The Morgan fingerprint density at radius 3 is 2.70 bits per heavy atom. The second kappa shape index (κ2) is 7.12.